The van der Waals surface area contributed by atoms with E-state index < -0.39 is 21.2 Å². The lowest BCUT2D eigenvalue weighted by Crippen LogP contribution is -2.55. The standard InChI is InChI=1S/C8H12N2O3S/c1-8(2,5-9)7(11)10-6-3-14(12,13)4-6/h6H,3-4H2,1-2H3,(H,10,11). The van der Waals surface area contributed by atoms with Crippen LogP contribution in [0.4, 0.5) is 0 Å². The van der Waals surface area contributed by atoms with Gasteiger partial charge in [0.25, 0.3) is 0 Å². The first-order valence-electron chi connectivity index (χ1n) is 4.19. The molecule has 0 atom stereocenters. The predicted octanol–water partition coefficient (Wildman–Crippen LogP) is -0.551. The van der Waals surface area contributed by atoms with Crippen LogP contribution in [0, 0.1) is 16.7 Å². The Morgan fingerprint density at radius 3 is 2.36 bits per heavy atom. The number of rotatable bonds is 2. The Hall–Kier alpha value is -1.09. The zero-order valence-electron chi connectivity index (χ0n) is 8.07. The van der Waals surface area contributed by atoms with E-state index in [2.05, 4.69) is 5.32 Å². The van der Waals surface area contributed by atoms with Crippen LogP contribution in [0.3, 0.4) is 0 Å². The Kier molecular flexibility index (Phi) is 2.54. The molecule has 5 nitrogen and oxygen atoms in total. The topological polar surface area (TPSA) is 87.0 Å². The molecule has 0 aromatic carbocycles. The third kappa shape index (κ3) is 2.23. The van der Waals surface area contributed by atoms with E-state index in [0.717, 1.165) is 0 Å². The van der Waals surface area contributed by atoms with Crippen LogP contribution in [0.25, 0.3) is 0 Å². The molecule has 0 spiro atoms. The molecule has 0 aromatic heterocycles. The van der Waals surface area contributed by atoms with Gasteiger partial charge in [0.2, 0.25) is 5.91 Å². The van der Waals surface area contributed by atoms with Crippen molar-refractivity contribution in [1.82, 2.24) is 5.32 Å². The average molecular weight is 216 g/mol. The Balaban J connectivity index is 2.50. The number of nitrogens with zero attached hydrogens (tertiary/aromatic N) is 1. The maximum absolute atomic E-state index is 11.4. The Bertz CT molecular complexity index is 379. The molecule has 1 rings (SSSR count). The van der Waals surface area contributed by atoms with Gasteiger partial charge in [0.05, 0.1) is 23.6 Å². The SMILES string of the molecule is CC(C)(C#N)C(=O)NC1CS(=O)(=O)C1. The summed E-state index contributed by atoms with van der Waals surface area (Å²) in [4.78, 5) is 11.4. The van der Waals surface area contributed by atoms with Crippen LogP contribution in [0.1, 0.15) is 13.8 Å². The zero-order valence-corrected chi connectivity index (χ0v) is 8.89. The fraction of sp³-hybridized carbons (Fsp3) is 0.750. The quantitative estimate of drug-likeness (QED) is 0.671. The van der Waals surface area contributed by atoms with E-state index in [4.69, 9.17) is 5.26 Å². The fourth-order valence-electron chi connectivity index (χ4n) is 1.06. The molecular weight excluding hydrogens is 204 g/mol. The first-order chi connectivity index (χ1) is 6.27. The average Bonchev–Trinajstić information content (AvgIpc) is 2.01. The second-order valence-corrected chi connectivity index (χ2v) is 6.14. The van der Waals surface area contributed by atoms with E-state index in [0.29, 0.717) is 0 Å². The number of sulfone groups is 1. The highest BCUT2D eigenvalue weighted by atomic mass is 32.2. The highest BCUT2D eigenvalue weighted by Gasteiger charge is 2.37. The normalized spacial score (nSPS) is 20.6. The lowest BCUT2D eigenvalue weighted by molar-refractivity contribution is -0.127. The second kappa shape index (κ2) is 3.24. The maximum atomic E-state index is 11.4. The molecule has 1 aliphatic heterocycles. The molecule has 6 heteroatoms. The van der Waals surface area contributed by atoms with Gasteiger partial charge in [-0.25, -0.2) is 8.42 Å². The molecule has 78 valence electrons. The Morgan fingerprint density at radius 1 is 1.50 bits per heavy atom. The van der Waals surface area contributed by atoms with Gasteiger partial charge in [0, 0.05) is 0 Å². The summed E-state index contributed by atoms with van der Waals surface area (Å²) in [7, 11) is -2.93. The van der Waals surface area contributed by atoms with Crippen molar-refractivity contribution < 1.29 is 13.2 Å². The molecule has 14 heavy (non-hydrogen) atoms. The smallest absolute Gasteiger partial charge is 0.240 e. The summed E-state index contributed by atoms with van der Waals surface area (Å²) in [6.07, 6.45) is 0. The predicted molar refractivity (Wildman–Crippen MR) is 50.0 cm³/mol. The highest BCUT2D eigenvalue weighted by Crippen LogP contribution is 2.16. The summed E-state index contributed by atoms with van der Waals surface area (Å²) in [5, 5.41) is 11.2. The minimum absolute atomic E-state index is 0.0136. The van der Waals surface area contributed by atoms with Gasteiger partial charge in [-0.1, -0.05) is 0 Å². The van der Waals surface area contributed by atoms with Gasteiger partial charge >= 0.3 is 0 Å². The van der Waals surface area contributed by atoms with Crippen molar-refractivity contribution in [2.24, 2.45) is 5.41 Å². The Morgan fingerprint density at radius 2 is 2.00 bits per heavy atom. The molecule has 0 radical (unpaired) electrons. The first-order valence-corrected chi connectivity index (χ1v) is 6.01. The van der Waals surface area contributed by atoms with Crippen LogP contribution in [-0.4, -0.2) is 31.9 Å². The van der Waals surface area contributed by atoms with Crippen molar-refractivity contribution in [1.29, 1.82) is 5.26 Å². The van der Waals surface area contributed by atoms with E-state index in [-0.39, 0.29) is 17.5 Å². The molecule has 0 saturated carbocycles. The van der Waals surface area contributed by atoms with Crippen LogP contribution in [0.15, 0.2) is 0 Å². The molecule has 1 fully saturated rings. The molecule has 1 amide bonds. The molecular formula is C8H12N2O3S. The number of nitriles is 1. The number of nitrogens with one attached hydrogen (secondary N) is 1. The summed E-state index contributed by atoms with van der Waals surface area (Å²) in [6, 6.07) is 1.53. The second-order valence-electron chi connectivity index (χ2n) is 3.98. The van der Waals surface area contributed by atoms with Gasteiger partial charge in [0.1, 0.15) is 5.41 Å². The zero-order chi connectivity index (χ0) is 11.0. The van der Waals surface area contributed by atoms with Gasteiger partial charge in [-0.15, -0.1) is 0 Å². The molecule has 1 saturated heterocycles. The van der Waals surface area contributed by atoms with Gasteiger partial charge < -0.3 is 5.32 Å². The van der Waals surface area contributed by atoms with Crippen LogP contribution in [0.2, 0.25) is 0 Å². The number of hydrogen-bond donors (Lipinski definition) is 1. The minimum Gasteiger partial charge on any atom is -0.350 e. The third-order valence-electron chi connectivity index (χ3n) is 2.09. The van der Waals surface area contributed by atoms with Gasteiger partial charge in [-0.2, -0.15) is 5.26 Å². The summed E-state index contributed by atoms with van der Waals surface area (Å²) in [6.45, 7) is 2.99. The largest absolute Gasteiger partial charge is 0.350 e. The number of hydrogen-bond acceptors (Lipinski definition) is 4. The maximum Gasteiger partial charge on any atom is 0.240 e. The van der Waals surface area contributed by atoms with E-state index in [1.807, 2.05) is 6.07 Å². The van der Waals surface area contributed by atoms with Crippen molar-refractivity contribution in [2.45, 2.75) is 19.9 Å². The minimum atomic E-state index is -2.93. The van der Waals surface area contributed by atoms with Crippen molar-refractivity contribution in [3.8, 4) is 6.07 Å². The number of amides is 1. The summed E-state index contributed by atoms with van der Waals surface area (Å²) < 4.78 is 21.6. The third-order valence-corrected chi connectivity index (χ3v) is 3.91. The van der Waals surface area contributed by atoms with E-state index in [1.165, 1.54) is 13.8 Å². The molecule has 0 aromatic rings. The molecule has 1 heterocycles. The number of carbonyl (C=O) groups excluding carboxylic acids is 1. The molecule has 0 aliphatic carbocycles. The lowest BCUT2D eigenvalue weighted by atomic mass is 9.94. The van der Waals surface area contributed by atoms with Crippen LogP contribution < -0.4 is 5.32 Å². The van der Waals surface area contributed by atoms with E-state index >= 15 is 0 Å². The Labute approximate surface area is 83.0 Å². The fourth-order valence-corrected chi connectivity index (χ4v) is 2.36. The first kappa shape index (κ1) is 11.0. The van der Waals surface area contributed by atoms with Gasteiger partial charge in [-0.05, 0) is 13.8 Å². The van der Waals surface area contributed by atoms with Gasteiger partial charge in [0.15, 0.2) is 9.84 Å². The van der Waals surface area contributed by atoms with Crippen molar-refractivity contribution in [3.05, 3.63) is 0 Å². The summed E-state index contributed by atoms with van der Waals surface area (Å²) >= 11 is 0. The van der Waals surface area contributed by atoms with Crippen LogP contribution >= 0.6 is 0 Å². The molecule has 0 bridgehead atoms. The summed E-state index contributed by atoms with van der Waals surface area (Å²) in [5.41, 5.74) is -1.10. The van der Waals surface area contributed by atoms with Crippen molar-refractivity contribution in [2.75, 3.05) is 11.5 Å². The van der Waals surface area contributed by atoms with Gasteiger partial charge in [-0.3, -0.25) is 4.79 Å². The van der Waals surface area contributed by atoms with Crippen molar-refractivity contribution >= 4 is 15.7 Å². The summed E-state index contributed by atoms with van der Waals surface area (Å²) in [5.74, 6) is -0.444. The van der Waals surface area contributed by atoms with E-state index in [9.17, 15) is 13.2 Å². The van der Waals surface area contributed by atoms with E-state index in [1.54, 1.807) is 0 Å². The monoisotopic (exact) mass is 216 g/mol. The molecule has 1 aliphatic rings. The van der Waals surface area contributed by atoms with Crippen LogP contribution in [0.5, 0.6) is 0 Å². The number of carbonyl (C=O) groups is 1. The molecule has 0 unspecified atom stereocenters. The molecule has 1 N–H and O–H groups in total. The van der Waals surface area contributed by atoms with Crippen molar-refractivity contribution in [3.63, 3.8) is 0 Å². The van der Waals surface area contributed by atoms with Crippen LogP contribution in [-0.2, 0) is 14.6 Å². The highest BCUT2D eigenvalue weighted by molar-refractivity contribution is 7.92. The lowest BCUT2D eigenvalue weighted by Gasteiger charge is -2.28.